The summed E-state index contributed by atoms with van der Waals surface area (Å²) in [5.41, 5.74) is 2.91. The van der Waals surface area contributed by atoms with Gasteiger partial charge in [0.25, 0.3) is 11.8 Å². The second-order valence-corrected chi connectivity index (χ2v) is 9.94. The summed E-state index contributed by atoms with van der Waals surface area (Å²) < 4.78 is 10.7. The van der Waals surface area contributed by atoms with Crippen LogP contribution in [0.25, 0.3) is 0 Å². The Morgan fingerprint density at radius 3 is 2.06 bits per heavy atom. The molecule has 1 aliphatic heterocycles. The molecule has 2 aromatic carbocycles. The van der Waals surface area contributed by atoms with E-state index in [1.807, 2.05) is 12.1 Å². The molecule has 0 spiro atoms. The van der Waals surface area contributed by atoms with Crippen molar-refractivity contribution >= 4 is 17.5 Å². The van der Waals surface area contributed by atoms with Gasteiger partial charge in [-0.15, -0.1) is 0 Å². The average Bonchev–Trinajstić information content (AvgIpc) is 3.02. The second kappa shape index (κ2) is 6.59. The quantitative estimate of drug-likeness (QED) is 0.659. The fourth-order valence-electron chi connectivity index (χ4n) is 7.22. The van der Waals surface area contributed by atoms with Gasteiger partial charge in [-0.25, -0.2) is 4.90 Å². The van der Waals surface area contributed by atoms with E-state index >= 15 is 0 Å². The van der Waals surface area contributed by atoms with Crippen LogP contribution in [0.4, 0.5) is 5.69 Å². The molecule has 0 radical (unpaired) electrons. The Morgan fingerprint density at radius 2 is 1.45 bits per heavy atom. The molecule has 7 rings (SSSR count). The monoisotopic (exact) mass is 417 g/mol. The van der Waals surface area contributed by atoms with E-state index in [9.17, 15) is 9.59 Å². The first-order chi connectivity index (χ1) is 15.0. The first-order valence-corrected chi connectivity index (χ1v) is 11.3. The van der Waals surface area contributed by atoms with Crippen molar-refractivity contribution in [2.24, 2.45) is 17.8 Å². The number of imide groups is 1. The lowest BCUT2D eigenvalue weighted by atomic mass is 9.48. The molecular formula is C26H27NO4. The number of nitrogens with zero attached hydrogens (tertiary/aromatic N) is 1. The Morgan fingerprint density at radius 1 is 0.806 bits per heavy atom. The molecule has 0 atom stereocenters. The molecule has 160 valence electrons. The highest BCUT2D eigenvalue weighted by atomic mass is 16.5. The molecule has 4 fully saturated rings. The zero-order valence-electron chi connectivity index (χ0n) is 18.0. The van der Waals surface area contributed by atoms with Crippen LogP contribution in [-0.4, -0.2) is 26.0 Å². The van der Waals surface area contributed by atoms with Crippen LogP contribution in [0.15, 0.2) is 36.4 Å². The predicted octanol–water partition coefficient (Wildman–Crippen LogP) is 4.97. The molecule has 2 amide bonds. The maximum Gasteiger partial charge on any atom is 0.266 e. The van der Waals surface area contributed by atoms with E-state index < -0.39 is 0 Å². The maximum absolute atomic E-state index is 13.4. The maximum atomic E-state index is 13.4. The Balaban J connectivity index is 1.39. The van der Waals surface area contributed by atoms with Crippen molar-refractivity contribution in [3.05, 3.63) is 53.1 Å². The van der Waals surface area contributed by atoms with Crippen molar-refractivity contribution in [1.82, 2.24) is 0 Å². The number of rotatable bonds is 4. The first-order valence-electron chi connectivity index (χ1n) is 11.3. The van der Waals surface area contributed by atoms with E-state index in [-0.39, 0.29) is 17.2 Å². The minimum atomic E-state index is -0.291. The predicted molar refractivity (Wildman–Crippen MR) is 117 cm³/mol. The molecule has 4 bridgehead atoms. The molecule has 5 aliphatic rings. The molecule has 4 saturated carbocycles. The zero-order valence-corrected chi connectivity index (χ0v) is 18.0. The van der Waals surface area contributed by atoms with Crippen LogP contribution >= 0.6 is 0 Å². The van der Waals surface area contributed by atoms with E-state index in [1.165, 1.54) is 56.1 Å². The Hall–Kier alpha value is -2.82. The average molecular weight is 418 g/mol. The van der Waals surface area contributed by atoms with Crippen molar-refractivity contribution in [2.75, 3.05) is 19.1 Å². The Bertz CT molecular complexity index is 1070. The lowest BCUT2D eigenvalue weighted by Crippen LogP contribution is -2.48. The molecular weight excluding hydrogens is 390 g/mol. The summed E-state index contributed by atoms with van der Waals surface area (Å²) in [4.78, 5) is 27.9. The minimum absolute atomic E-state index is 0.193. The van der Waals surface area contributed by atoms with Crippen LogP contribution in [0.5, 0.6) is 11.5 Å². The lowest BCUT2D eigenvalue weighted by Gasteiger charge is -2.57. The fourth-order valence-corrected chi connectivity index (χ4v) is 7.22. The third-order valence-electron chi connectivity index (χ3n) is 8.16. The van der Waals surface area contributed by atoms with Gasteiger partial charge in [-0.2, -0.15) is 0 Å². The molecule has 4 aliphatic carbocycles. The first kappa shape index (κ1) is 18.9. The van der Waals surface area contributed by atoms with Crippen molar-refractivity contribution in [2.45, 2.75) is 43.9 Å². The highest BCUT2D eigenvalue weighted by molar-refractivity contribution is 6.34. The zero-order chi connectivity index (χ0) is 21.3. The number of carbonyl (C=O) groups is 2. The second-order valence-electron chi connectivity index (χ2n) is 9.94. The molecule has 0 saturated heterocycles. The number of hydrogen-bond acceptors (Lipinski definition) is 4. The normalized spacial score (nSPS) is 30.6. The van der Waals surface area contributed by atoms with Crippen molar-refractivity contribution in [1.29, 1.82) is 0 Å². The summed E-state index contributed by atoms with van der Waals surface area (Å²) in [6, 6.07) is 11.2. The summed E-state index contributed by atoms with van der Waals surface area (Å²) >= 11 is 0. The highest BCUT2D eigenvalue weighted by Crippen LogP contribution is 2.61. The number of amides is 2. The topological polar surface area (TPSA) is 55.8 Å². The van der Waals surface area contributed by atoms with Crippen LogP contribution in [0.3, 0.4) is 0 Å². The largest absolute Gasteiger partial charge is 0.497 e. The van der Waals surface area contributed by atoms with Gasteiger partial charge in [-0.1, -0.05) is 6.07 Å². The van der Waals surface area contributed by atoms with E-state index in [4.69, 9.17) is 9.47 Å². The summed E-state index contributed by atoms with van der Waals surface area (Å²) in [5, 5.41) is 0. The molecule has 0 unspecified atom stereocenters. The van der Waals surface area contributed by atoms with Gasteiger partial charge in [0.2, 0.25) is 0 Å². The Kier molecular flexibility index (Phi) is 4.02. The molecule has 5 nitrogen and oxygen atoms in total. The SMILES string of the molecule is COc1ccc(N2C(=O)c3ccc(C45CC6CC(CC(C6)C4)C5)cc3C2=O)c(OC)c1. The van der Waals surface area contributed by atoms with Crippen molar-refractivity contribution in [3.8, 4) is 11.5 Å². The third kappa shape index (κ3) is 2.68. The van der Waals surface area contributed by atoms with Crippen LogP contribution in [-0.2, 0) is 5.41 Å². The van der Waals surface area contributed by atoms with Gasteiger partial charge in [0.1, 0.15) is 11.5 Å². The molecule has 1 heterocycles. The Labute approximate surface area is 182 Å². The van der Waals surface area contributed by atoms with Crippen LogP contribution in [0, 0.1) is 17.8 Å². The number of ether oxygens (including phenoxy) is 2. The third-order valence-corrected chi connectivity index (χ3v) is 8.16. The minimum Gasteiger partial charge on any atom is -0.497 e. The molecule has 2 aromatic rings. The van der Waals surface area contributed by atoms with Gasteiger partial charge in [0.15, 0.2) is 0 Å². The molecule has 31 heavy (non-hydrogen) atoms. The molecule has 0 aromatic heterocycles. The van der Waals surface area contributed by atoms with Gasteiger partial charge >= 0.3 is 0 Å². The van der Waals surface area contributed by atoms with Gasteiger partial charge in [-0.3, -0.25) is 9.59 Å². The number of methoxy groups -OCH3 is 2. The van der Waals surface area contributed by atoms with Gasteiger partial charge in [-0.05, 0) is 91.5 Å². The fraction of sp³-hybridized carbons (Fsp3) is 0.462. The summed E-state index contributed by atoms with van der Waals surface area (Å²) in [7, 11) is 3.10. The standard InChI is InChI=1S/C26H27NO4/c1-30-19-4-6-22(23(11-19)31-2)27-24(28)20-5-3-18(10-21(20)25(27)29)26-12-15-7-16(13-26)9-17(8-15)14-26/h3-6,10-11,15-17H,7-9,12-14H2,1-2H3. The van der Waals surface area contributed by atoms with Gasteiger partial charge < -0.3 is 9.47 Å². The van der Waals surface area contributed by atoms with Crippen LogP contribution in [0.2, 0.25) is 0 Å². The van der Waals surface area contributed by atoms with E-state index in [2.05, 4.69) is 6.07 Å². The van der Waals surface area contributed by atoms with Crippen molar-refractivity contribution in [3.63, 3.8) is 0 Å². The van der Waals surface area contributed by atoms with Crippen molar-refractivity contribution < 1.29 is 19.1 Å². The van der Waals surface area contributed by atoms with E-state index in [1.54, 1.807) is 25.3 Å². The number of anilines is 1. The summed E-state index contributed by atoms with van der Waals surface area (Å²) in [6.45, 7) is 0. The van der Waals surface area contributed by atoms with Crippen LogP contribution < -0.4 is 14.4 Å². The van der Waals surface area contributed by atoms with E-state index in [0.29, 0.717) is 28.3 Å². The smallest absolute Gasteiger partial charge is 0.266 e. The van der Waals surface area contributed by atoms with E-state index in [0.717, 1.165) is 17.8 Å². The highest BCUT2D eigenvalue weighted by Gasteiger charge is 2.52. The lowest BCUT2D eigenvalue weighted by molar-refractivity contribution is -0.00520. The van der Waals surface area contributed by atoms with Gasteiger partial charge in [0, 0.05) is 6.07 Å². The molecule has 0 N–H and O–H groups in total. The number of fused-ring (bicyclic) bond motifs is 1. The number of carbonyl (C=O) groups excluding carboxylic acids is 2. The summed E-state index contributed by atoms with van der Waals surface area (Å²) in [5.74, 6) is 2.98. The number of benzene rings is 2. The van der Waals surface area contributed by atoms with Crippen LogP contribution in [0.1, 0.15) is 64.8 Å². The number of hydrogen-bond donors (Lipinski definition) is 0. The summed E-state index contributed by atoms with van der Waals surface area (Å²) in [6.07, 6.45) is 7.84. The molecule has 5 heteroatoms. The van der Waals surface area contributed by atoms with Gasteiger partial charge in [0.05, 0.1) is 31.0 Å².